The van der Waals surface area contributed by atoms with E-state index in [1.807, 2.05) is 6.92 Å². The van der Waals surface area contributed by atoms with Gasteiger partial charge in [0.05, 0.1) is 12.9 Å². The lowest BCUT2D eigenvalue weighted by Gasteiger charge is -2.19. The van der Waals surface area contributed by atoms with Gasteiger partial charge in [-0.3, -0.25) is 9.59 Å². The quantitative estimate of drug-likeness (QED) is 0.733. The summed E-state index contributed by atoms with van der Waals surface area (Å²) < 4.78 is 10.2. The Morgan fingerprint density at radius 2 is 2.23 bits per heavy atom. The molecular weight excluding hydrogens is 304 g/mol. The summed E-state index contributed by atoms with van der Waals surface area (Å²) in [5.74, 6) is -0.0637. The van der Waals surface area contributed by atoms with Gasteiger partial charge in [-0.1, -0.05) is 6.92 Å². The number of thiazole rings is 1. The Hall–Kier alpha value is -2.15. The zero-order valence-corrected chi connectivity index (χ0v) is 13.4. The minimum atomic E-state index is -0.411. The van der Waals surface area contributed by atoms with Crippen molar-refractivity contribution in [2.24, 2.45) is 0 Å². The van der Waals surface area contributed by atoms with Crippen LogP contribution in [0, 0.1) is 0 Å². The highest BCUT2D eigenvalue weighted by Gasteiger charge is 2.21. The summed E-state index contributed by atoms with van der Waals surface area (Å²) in [5, 5.41) is 2.31. The Kier molecular flexibility index (Phi) is 5.71. The predicted octanol–water partition coefficient (Wildman–Crippen LogP) is 2.82. The van der Waals surface area contributed by atoms with Crippen molar-refractivity contribution in [1.82, 2.24) is 9.88 Å². The highest BCUT2D eigenvalue weighted by Crippen LogP contribution is 2.24. The van der Waals surface area contributed by atoms with Crippen LogP contribution >= 0.6 is 11.3 Å². The Morgan fingerprint density at radius 3 is 2.86 bits per heavy atom. The van der Waals surface area contributed by atoms with E-state index in [1.54, 1.807) is 30.7 Å². The molecule has 0 unspecified atom stereocenters. The number of carbonyl (C=O) groups excluding carboxylic acids is 2. The first-order chi connectivity index (χ1) is 10.7. The zero-order valence-electron chi connectivity index (χ0n) is 12.6. The van der Waals surface area contributed by atoms with E-state index in [-0.39, 0.29) is 12.5 Å². The van der Waals surface area contributed by atoms with Gasteiger partial charge < -0.3 is 14.1 Å². The molecule has 0 aliphatic carbocycles. The molecule has 0 N–H and O–H groups in total. The maximum absolute atomic E-state index is 12.5. The van der Waals surface area contributed by atoms with Crippen LogP contribution in [-0.4, -0.2) is 41.5 Å². The highest BCUT2D eigenvalue weighted by atomic mass is 32.1. The van der Waals surface area contributed by atoms with Crippen LogP contribution < -0.4 is 0 Å². The van der Waals surface area contributed by atoms with E-state index in [1.165, 1.54) is 16.2 Å². The van der Waals surface area contributed by atoms with Crippen molar-refractivity contribution in [2.45, 2.75) is 20.3 Å². The molecule has 7 heteroatoms. The lowest BCUT2D eigenvalue weighted by molar-refractivity contribution is -0.143. The number of furan rings is 1. The van der Waals surface area contributed by atoms with E-state index in [2.05, 4.69) is 4.98 Å². The summed E-state index contributed by atoms with van der Waals surface area (Å²) >= 11 is 1.33. The van der Waals surface area contributed by atoms with Crippen molar-refractivity contribution in [3.8, 4) is 10.8 Å². The summed E-state index contributed by atoms with van der Waals surface area (Å²) in [4.78, 5) is 29.8. The smallest absolute Gasteiger partial charge is 0.325 e. The molecule has 0 atom stereocenters. The number of carbonyl (C=O) groups is 2. The summed E-state index contributed by atoms with van der Waals surface area (Å²) in [7, 11) is 0. The number of rotatable bonds is 7. The van der Waals surface area contributed by atoms with Crippen LogP contribution in [0.1, 0.15) is 30.8 Å². The van der Waals surface area contributed by atoms with Crippen molar-refractivity contribution < 1.29 is 18.7 Å². The number of hydrogen-bond acceptors (Lipinski definition) is 6. The molecule has 0 radical (unpaired) electrons. The third-order valence-corrected chi connectivity index (χ3v) is 3.72. The van der Waals surface area contributed by atoms with Gasteiger partial charge in [-0.2, -0.15) is 0 Å². The first-order valence-corrected chi connectivity index (χ1v) is 7.98. The third-order valence-electron chi connectivity index (χ3n) is 2.86. The summed E-state index contributed by atoms with van der Waals surface area (Å²) in [6.07, 6.45) is 2.31. The topological polar surface area (TPSA) is 72.6 Å². The Bertz CT molecular complexity index is 621. The van der Waals surface area contributed by atoms with E-state index in [0.29, 0.717) is 29.6 Å². The molecule has 0 saturated heterocycles. The van der Waals surface area contributed by atoms with Crippen LogP contribution in [0.25, 0.3) is 10.8 Å². The van der Waals surface area contributed by atoms with Crippen LogP contribution in [0.15, 0.2) is 28.2 Å². The first kappa shape index (κ1) is 16.2. The number of hydrogen-bond donors (Lipinski definition) is 0. The molecule has 6 nitrogen and oxygen atoms in total. The lowest BCUT2D eigenvalue weighted by Crippen LogP contribution is -2.37. The summed E-state index contributed by atoms with van der Waals surface area (Å²) in [6, 6.07) is 3.55. The van der Waals surface area contributed by atoms with E-state index in [0.717, 1.165) is 6.42 Å². The predicted molar refractivity (Wildman–Crippen MR) is 82.6 cm³/mol. The number of esters is 1. The molecule has 2 aromatic rings. The van der Waals surface area contributed by atoms with E-state index >= 15 is 0 Å². The van der Waals surface area contributed by atoms with Crippen LogP contribution in [0.5, 0.6) is 0 Å². The molecule has 22 heavy (non-hydrogen) atoms. The monoisotopic (exact) mass is 322 g/mol. The van der Waals surface area contributed by atoms with E-state index < -0.39 is 5.97 Å². The first-order valence-electron chi connectivity index (χ1n) is 7.10. The largest absolute Gasteiger partial charge is 0.465 e. The second kappa shape index (κ2) is 7.74. The highest BCUT2D eigenvalue weighted by molar-refractivity contribution is 7.13. The lowest BCUT2D eigenvalue weighted by atomic mass is 10.3. The fourth-order valence-corrected chi connectivity index (χ4v) is 2.69. The minimum absolute atomic E-state index is 0.0614. The van der Waals surface area contributed by atoms with Crippen LogP contribution in [0.2, 0.25) is 0 Å². The molecule has 0 fully saturated rings. The Labute approximate surface area is 132 Å². The van der Waals surface area contributed by atoms with Crippen molar-refractivity contribution in [3.05, 3.63) is 29.5 Å². The van der Waals surface area contributed by atoms with Gasteiger partial charge in [-0.05, 0) is 25.5 Å². The molecule has 2 aromatic heterocycles. The molecule has 1 amide bonds. The fourth-order valence-electron chi connectivity index (χ4n) is 1.93. The number of aromatic nitrogens is 1. The van der Waals surface area contributed by atoms with Crippen LogP contribution in [0.3, 0.4) is 0 Å². The average molecular weight is 322 g/mol. The fraction of sp³-hybridized carbons (Fsp3) is 0.400. The van der Waals surface area contributed by atoms with Crippen LogP contribution in [0.4, 0.5) is 0 Å². The van der Waals surface area contributed by atoms with Crippen molar-refractivity contribution >= 4 is 23.2 Å². The van der Waals surface area contributed by atoms with E-state index in [9.17, 15) is 9.59 Å². The standard InChI is InChI=1S/C15H18N2O4S/c1-3-7-17(9-13(18)20-4-2)15(19)11-10-22-14(16-11)12-6-5-8-21-12/h5-6,8,10H,3-4,7,9H2,1-2H3. The van der Waals surface area contributed by atoms with Gasteiger partial charge >= 0.3 is 5.97 Å². The van der Waals surface area contributed by atoms with Gasteiger partial charge in [0.15, 0.2) is 10.8 Å². The van der Waals surface area contributed by atoms with Gasteiger partial charge in [0, 0.05) is 11.9 Å². The number of nitrogens with zero attached hydrogens (tertiary/aromatic N) is 2. The summed E-state index contributed by atoms with van der Waals surface area (Å²) in [5.41, 5.74) is 0.314. The zero-order chi connectivity index (χ0) is 15.9. The molecule has 0 aliphatic rings. The van der Waals surface area contributed by atoms with Gasteiger partial charge in [0.1, 0.15) is 12.2 Å². The summed E-state index contributed by atoms with van der Waals surface area (Å²) in [6.45, 7) is 4.40. The minimum Gasteiger partial charge on any atom is -0.465 e. The normalized spacial score (nSPS) is 10.5. The molecule has 118 valence electrons. The van der Waals surface area contributed by atoms with Crippen molar-refractivity contribution in [1.29, 1.82) is 0 Å². The molecule has 2 rings (SSSR count). The molecule has 2 heterocycles. The molecule has 0 aromatic carbocycles. The second-order valence-corrected chi connectivity index (χ2v) is 5.41. The molecule has 0 aliphatic heterocycles. The Balaban J connectivity index is 2.11. The van der Waals surface area contributed by atoms with Gasteiger partial charge in [-0.15, -0.1) is 11.3 Å². The number of ether oxygens (including phenoxy) is 1. The number of amides is 1. The van der Waals surface area contributed by atoms with E-state index in [4.69, 9.17) is 9.15 Å². The van der Waals surface area contributed by atoms with Crippen molar-refractivity contribution in [3.63, 3.8) is 0 Å². The van der Waals surface area contributed by atoms with Gasteiger partial charge in [-0.25, -0.2) is 4.98 Å². The molecule has 0 spiro atoms. The molecule has 0 saturated carbocycles. The third kappa shape index (κ3) is 3.94. The molecular formula is C15H18N2O4S. The SMILES string of the molecule is CCCN(CC(=O)OCC)C(=O)c1csc(-c2ccco2)n1. The maximum atomic E-state index is 12.5. The maximum Gasteiger partial charge on any atom is 0.325 e. The van der Waals surface area contributed by atoms with Gasteiger partial charge in [0.2, 0.25) is 0 Å². The Morgan fingerprint density at radius 1 is 1.41 bits per heavy atom. The second-order valence-electron chi connectivity index (χ2n) is 4.55. The van der Waals surface area contributed by atoms with Crippen molar-refractivity contribution in [2.75, 3.05) is 19.7 Å². The van der Waals surface area contributed by atoms with Crippen LogP contribution in [-0.2, 0) is 9.53 Å². The average Bonchev–Trinajstić information content (AvgIpc) is 3.17. The molecule has 0 bridgehead atoms. The van der Waals surface area contributed by atoms with Gasteiger partial charge in [0.25, 0.3) is 5.91 Å².